The SMILES string of the molecule is C=C(CCC)/C(=C\C=C/CCC)[C@H](N)CC. The summed E-state index contributed by atoms with van der Waals surface area (Å²) in [7, 11) is 0. The fourth-order valence-electron chi connectivity index (χ4n) is 1.60. The number of hydrogen-bond acceptors (Lipinski definition) is 1. The highest BCUT2D eigenvalue weighted by atomic mass is 14.6. The van der Waals surface area contributed by atoms with Crippen LogP contribution in [0, 0.1) is 0 Å². The molecule has 0 amide bonds. The monoisotopic (exact) mass is 221 g/mol. The normalized spacial score (nSPS) is 14.4. The van der Waals surface area contributed by atoms with Gasteiger partial charge >= 0.3 is 0 Å². The minimum absolute atomic E-state index is 0.130. The molecular formula is C15H27N. The second-order valence-electron chi connectivity index (χ2n) is 4.21. The Morgan fingerprint density at radius 2 is 1.94 bits per heavy atom. The summed E-state index contributed by atoms with van der Waals surface area (Å²) in [5.74, 6) is 0. The number of nitrogens with two attached hydrogens (primary N) is 1. The molecule has 0 aromatic carbocycles. The Bertz CT molecular complexity index is 248. The molecule has 0 heterocycles. The van der Waals surface area contributed by atoms with E-state index in [1.807, 2.05) is 0 Å². The van der Waals surface area contributed by atoms with Crippen LogP contribution >= 0.6 is 0 Å². The fourth-order valence-corrected chi connectivity index (χ4v) is 1.60. The number of rotatable bonds is 8. The van der Waals surface area contributed by atoms with Crippen LogP contribution in [0.2, 0.25) is 0 Å². The zero-order chi connectivity index (χ0) is 12.4. The van der Waals surface area contributed by atoms with Gasteiger partial charge in [0.05, 0.1) is 0 Å². The Balaban J connectivity index is 4.59. The lowest BCUT2D eigenvalue weighted by atomic mass is 9.95. The van der Waals surface area contributed by atoms with E-state index in [2.05, 4.69) is 45.6 Å². The van der Waals surface area contributed by atoms with Gasteiger partial charge in [-0.2, -0.15) is 0 Å². The fraction of sp³-hybridized carbons (Fsp3) is 0.600. The first kappa shape index (κ1) is 15.2. The van der Waals surface area contributed by atoms with Crippen LogP contribution in [0.5, 0.6) is 0 Å². The predicted molar refractivity (Wildman–Crippen MR) is 74.4 cm³/mol. The third-order valence-corrected chi connectivity index (χ3v) is 2.67. The van der Waals surface area contributed by atoms with E-state index in [9.17, 15) is 0 Å². The summed E-state index contributed by atoms with van der Waals surface area (Å²) >= 11 is 0. The molecule has 0 saturated heterocycles. The van der Waals surface area contributed by atoms with Gasteiger partial charge in [0.15, 0.2) is 0 Å². The molecule has 0 unspecified atom stereocenters. The van der Waals surface area contributed by atoms with Crippen molar-refractivity contribution < 1.29 is 0 Å². The van der Waals surface area contributed by atoms with E-state index in [-0.39, 0.29) is 6.04 Å². The molecule has 2 N–H and O–H groups in total. The summed E-state index contributed by atoms with van der Waals surface area (Å²) in [6, 6.07) is 0.130. The molecule has 0 radical (unpaired) electrons. The third-order valence-electron chi connectivity index (χ3n) is 2.67. The standard InChI is InChI=1S/C15H27N/c1-5-8-9-10-12-14(15(16)7-3)13(4)11-6-2/h9-10,12,15H,4-8,11,16H2,1-3H3/b10-9-,14-12+/t15-/m1/s1. The van der Waals surface area contributed by atoms with E-state index in [1.54, 1.807) is 0 Å². The summed E-state index contributed by atoms with van der Waals surface area (Å²) in [6.45, 7) is 10.6. The second kappa shape index (κ2) is 9.41. The van der Waals surface area contributed by atoms with Crippen LogP contribution in [0.4, 0.5) is 0 Å². The molecule has 0 spiro atoms. The van der Waals surface area contributed by atoms with E-state index in [4.69, 9.17) is 5.73 Å². The van der Waals surface area contributed by atoms with Crippen molar-refractivity contribution in [2.45, 2.75) is 58.9 Å². The van der Waals surface area contributed by atoms with Gasteiger partial charge in [0.2, 0.25) is 0 Å². The average Bonchev–Trinajstić information content (AvgIpc) is 2.28. The van der Waals surface area contributed by atoms with E-state index in [1.165, 1.54) is 17.6 Å². The van der Waals surface area contributed by atoms with Gasteiger partial charge in [-0.15, -0.1) is 0 Å². The van der Waals surface area contributed by atoms with Crippen LogP contribution in [0.15, 0.2) is 36.0 Å². The van der Waals surface area contributed by atoms with Crippen molar-refractivity contribution in [1.82, 2.24) is 0 Å². The summed E-state index contributed by atoms with van der Waals surface area (Å²) in [6.07, 6.45) is 11.9. The molecule has 0 saturated carbocycles. The van der Waals surface area contributed by atoms with Gasteiger partial charge in [0.1, 0.15) is 0 Å². The minimum atomic E-state index is 0.130. The first-order chi connectivity index (χ1) is 7.67. The third kappa shape index (κ3) is 5.92. The molecule has 0 aromatic heterocycles. The van der Waals surface area contributed by atoms with Crippen LogP contribution in [-0.2, 0) is 0 Å². The van der Waals surface area contributed by atoms with Gasteiger partial charge < -0.3 is 5.73 Å². The van der Waals surface area contributed by atoms with Crippen molar-refractivity contribution in [3.8, 4) is 0 Å². The maximum Gasteiger partial charge on any atom is 0.0294 e. The Morgan fingerprint density at radius 1 is 1.25 bits per heavy atom. The van der Waals surface area contributed by atoms with Crippen molar-refractivity contribution >= 4 is 0 Å². The summed E-state index contributed by atoms with van der Waals surface area (Å²) in [4.78, 5) is 0. The van der Waals surface area contributed by atoms with Crippen LogP contribution in [0.3, 0.4) is 0 Å². The first-order valence-electron chi connectivity index (χ1n) is 6.47. The molecule has 92 valence electrons. The summed E-state index contributed by atoms with van der Waals surface area (Å²) in [5, 5.41) is 0. The lowest BCUT2D eigenvalue weighted by Crippen LogP contribution is -2.22. The average molecular weight is 221 g/mol. The lowest BCUT2D eigenvalue weighted by molar-refractivity contribution is 0.732. The minimum Gasteiger partial charge on any atom is -0.324 e. The van der Waals surface area contributed by atoms with Crippen LogP contribution in [0.1, 0.15) is 52.9 Å². The Kier molecular flexibility index (Phi) is 8.93. The maximum absolute atomic E-state index is 6.10. The Morgan fingerprint density at radius 3 is 2.44 bits per heavy atom. The zero-order valence-corrected chi connectivity index (χ0v) is 11.1. The van der Waals surface area contributed by atoms with Crippen molar-refractivity contribution in [2.24, 2.45) is 5.73 Å². The van der Waals surface area contributed by atoms with E-state index < -0.39 is 0 Å². The van der Waals surface area contributed by atoms with Crippen molar-refractivity contribution in [3.63, 3.8) is 0 Å². The largest absolute Gasteiger partial charge is 0.324 e. The molecule has 1 nitrogen and oxygen atoms in total. The number of allylic oxidation sites excluding steroid dienone is 3. The molecule has 0 aromatic rings. The molecule has 0 rings (SSSR count). The van der Waals surface area contributed by atoms with Gasteiger partial charge in [-0.1, -0.05) is 64.0 Å². The van der Waals surface area contributed by atoms with E-state index >= 15 is 0 Å². The molecule has 1 atom stereocenters. The smallest absolute Gasteiger partial charge is 0.0294 e. The molecule has 1 heteroatoms. The van der Waals surface area contributed by atoms with Crippen molar-refractivity contribution in [2.75, 3.05) is 0 Å². The molecule has 0 aliphatic heterocycles. The Hall–Kier alpha value is -0.820. The number of unbranched alkanes of at least 4 members (excludes halogenated alkanes) is 1. The van der Waals surface area contributed by atoms with Crippen LogP contribution in [-0.4, -0.2) is 6.04 Å². The maximum atomic E-state index is 6.10. The molecule has 0 bridgehead atoms. The first-order valence-corrected chi connectivity index (χ1v) is 6.47. The molecule has 0 aliphatic carbocycles. The van der Waals surface area contributed by atoms with Crippen LogP contribution < -0.4 is 5.73 Å². The van der Waals surface area contributed by atoms with Crippen molar-refractivity contribution in [3.05, 3.63) is 36.0 Å². The predicted octanol–water partition coefficient (Wildman–Crippen LogP) is 4.36. The van der Waals surface area contributed by atoms with Gasteiger partial charge in [-0.05, 0) is 24.8 Å². The quantitative estimate of drug-likeness (QED) is 0.605. The highest BCUT2D eigenvalue weighted by Crippen LogP contribution is 2.18. The van der Waals surface area contributed by atoms with Crippen LogP contribution in [0.25, 0.3) is 0 Å². The zero-order valence-electron chi connectivity index (χ0n) is 11.1. The van der Waals surface area contributed by atoms with Crippen molar-refractivity contribution in [1.29, 1.82) is 0 Å². The van der Waals surface area contributed by atoms with E-state index in [0.29, 0.717) is 0 Å². The van der Waals surface area contributed by atoms with E-state index in [0.717, 1.165) is 25.7 Å². The lowest BCUT2D eigenvalue weighted by Gasteiger charge is -2.16. The molecule has 16 heavy (non-hydrogen) atoms. The molecular weight excluding hydrogens is 194 g/mol. The van der Waals surface area contributed by atoms with Gasteiger partial charge in [-0.25, -0.2) is 0 Å². The summed E-state index contributed by atoms with van der Waals surface area (Å²) < 4.78 is 0. The van der Waals surface area contributed by atoms with Gasteiger partial charge in [0, 0.05) is 6.04 Å². The van der Waals surface area contributed by atoms with Gasteiger partial charge in [0.25, 0.3) is 0 Å². The highest BCUT2D eigenvalue weighted by Gasteiger charge is 2.08. The molecule has 0 fully saturated rings. The summed E-state index contributed by atoms with van der Waals surface area (Å²) in [5.41, 5.74) is 8.51. The molecule has 0 aliphatic rings. The Labute approximate surface area is 101 Å². The number of hydrogen-bond donors (Lipinski definition) is 1. The topological polar surface area (TPSA) is 26.0 Å². The highest BCUT2D eigenvalue weighted by molar-refractivity contribution is 5.35. The second-order valence-corrected chi connectivity index (χ2v) is 4.21. The van der Waals surface area contributed by atoms with Gasteiger partial charge in [-0.3, -0.25) is 0 Å².